The summed E-state index contributed by atoms with van der Waals surface area (Å²) in [5, 5.41) is 8.61. The smallest absolute Gasteiger partial charge is 0.336 e. The van der Waals surface area contributed by atoms with Crippen LogP contribution < -0.4 is 5.32 Å². The average molecular weight is 631 g/mol. The van der Waals surface area contributed by atoms with Crippen molar-refractivity contribution in [2.45, 2.75) is 71.7 Å². The zero-order valence-electron chi connectivity index (χ0n) is 24.9. The molecule has 4 aromatic rings. The SMILES string of the molecule is CC(C)(C)OP(=O)(Cc1ccc(CCCNc2ccnc(-c3cc(-c4c(Cl)cccc4Cl)no3)c2)cc1)OC(C)(C)C. The van der Waals surface area contributed by atoms with Gasteiger partial charge in [-0.05, 0) is 89.8 Å². The lowest BCUT2D eigenvalue weighted by Gasteiger charge is -2.32. The van der Waals surface area contributed by atoms with Crippen LogP contribution in [-0.2, 0) is 26.2 Å². The predicted molar refractivity (Wildman–Crippen MR) is 171 cm³/mol. The number of nitrogens with zero attached hydrogens (tertiary/aromatic N) is 2. The van der Waals surface area contributed by atoms with E-state index in [0.29, 0.717) is 32.8 Å². The number of hydrogen-bond acceptors (Lipinski definition) is 7. The number of halogens is 2. The standard InChI is InChI=1S/C32H38Cl2N3O4P/c1-31(2,3)40-42(38,41-32(4,5)6)21-23-14-12-22(13-15-23)9-8-17-35-24-16-18-36-27(19-24)29-20-28(37-39-29)30-25(33)10-7-11-26(30)34/h7,10-16,18-20H,8-9,17,21H2,1-6H3,(H,35,36). The fourth-order valence-electron chi connectivity index (χ4n) is 4.41. The van der Waals surface area contributed by atoms with Crippen molar-refractivity contribution < 1.29 is 18.1 Å². The lowest BCUT2D eigenvalue weighted by molar-refractivity contribution is 0.0485. The Kier molecular flexibility index (Phi) is 10.2. The van der Waals surface area contributed by atoms with Crippen LogP contribution in [0.1, 0.15) is 59.1 Å². The number of rotatable bonds is 11. The molecule has 42 heavy (non-hydrogen) atoms. The second kappa shape index (κ2) is 13.3. The maximum Gasteiger partial charge on any atom is 0.336 e. The van der Waals surface area contributed by atoms with Crippen LogP contribution in [0.5, 0.6) is 0 Å². The van der Waals surface area contributed by atoms with E-state index in [1.54, 1.807) is 30.5 Å². The van der Waals surface area contributed by atoms with Gasteiger partial charge < -0.3 is 18.9 Å². The zero-order chi connectivity index (χ0) is 30.5. The number of aryl methyl sites for hydroxylation is 1. The van der Waals surface area contributed by atoms with Gasteiger partial charge in [0, 0.05) is 30.1 Å². The molecule has 0 aliphatic heterocycles. The molecule has 1 N–H and O–H groups in total. The number of anilines is 1. The summed E-state index contributed by atoms with van der Waals surface area (Å²) in [6.07, 6.45) is 3.77. The highest BCUT2D eigenvalue weighted by molar-refractivity contribution is 7.53. The van der Waals surface area contributed by atoms with Gasteiger partial charge in [-0.3, -0.25) is 9.55 Å². The first kappa shape index (κ1) is 32.2. The van der Waals surface area contributed by atoms with Crippen LogP contribution >= 0.6 is 30.8 Å². The quantitative estimate of drug-likeness (QED) is 0.130. The molecule has 0 saturated heterocycles. The summed E-state index contributed by atoms with van der Waals surface area (Å²) >= 11 is 12.6. The number of hydrogen-bond donors (Lipinski definition) is 1. The molecular formula is C32H38Cl2N3O4P. The predicted octanol–water partition coefficient (Wildman–Crippen LogP) is 10.1. The summed E-state index contributed by atoms with van der Waals surface area (Å²) in [7, 11) is -3.34. The Bertz CT molecular complexity index is 1500. The zero-order valence-corrected chi connectivity index (χ0v) is 27.3. The van der Waals surface area contributed by atoms with Gasteiger partial charge in [-0.25, -0.2) is 0 Å². The molecule has 0 amide bonds. The monoisotopic (exact) mass is 629 g/mol. The van der Waals surface area contributed by atoms with E-state index in [0.717, 1.165) is 30.6 Å². The molecule has 2 aromatic heterocycles. The molecule has 0 fully saturated rings. The number of nitrogens with one attached hydrogen (secondary N) is 1. The Balaban J connectivity index is 1.32. The largest absolute Gasteiger partial charge is 0.385 e. The van der Waals surface area contributed by atoms with Crippen molar-refractivity contribution in [1.82, 2.24) is 10.1 Å². The second-order valence-corrected chi connectivity index (χ2v) is 14.8. The first-order valence-electron chi connectivity index (χ1n) is 13.9. The Morgan fingerprint density at radius 3 is 2.10 bits per heavy atom. The fraction of sp³-hybridized carbons (Fsp3) is 0.375. The normalized spacial score (nSPS) is 12.5. The van der Waals surface area contributed by atoms with Crippen LogP contribution in [0.4, 0.5) is 5.69 Å². The summed E-state index contributed by atoms with van der Waals surface area (Å²) < 4.78 is 31.0. The van der Waals surface area contributed by atoms with Gasteiger partial charge in [0.05, 0.1) is 27.4 Å². The van der Waals surface area contributed by atoms with Crippen molar-refractivity contribution in [3.05, 3.63) is 88.0 Å². The van der Waals surface area contributed by atoms with Gasteiger partial charge in [0.1, 0.15) is 11.4 Å². The van der Waals surface area contributed by atoms with Gasteiger partial charge in [0.25, 0.3) is 0 Å². The molecule has 0 radical (unpaired) electrons. The van der Waals surface area contributed by atoms with Crippen molar-refractivity contribution in [3.63, 3.8) is 0 Å². The van der Waals surface area contributed by atoms with Gasteiger partial charge in [-0.2, -0.15) is 0 Å². The minimum atomic E-state index is -3.34. The van der Waals surface area contributed by atoms with Gasteiger partial charge in [-0.1, -0.05) is 58.7 Å². The van der Waals surface area contributed by atoms with Crippen molar-refractivity contribution in [3.8, 4) is 22.7 Å². The molecule has 2 heterocycles. The van der Waals surface area contributed by atoms with E-state index in [4.69, 9.17) is 36.8 Å². The Labute approximate surface area is 258 Å². The number of pyridine rings is 1. The molecular weight excluding hydrogens is 592 g/mol. The maximum absolute atomic E-state index is 13.6. The van der Waals surface area contributed by atoms with Crippen LogP contribution in [0.3, 0.4) is 0 Å². The molecule has 224 valence electrons. The molecule has 0 unspecified atom stereocenters. The third-order valence-electron chi connectivity index (χ3n) is 5.94. The van der Waals surface area contributed by atoms with E-state index in [9.17, 15) is 4.57 Å². The molecule has 0 saturated carbocycles. The first-order valence-corrected chi connectivity index (χ1v) is 16.4. The van der Waals surface area contributed by atoms with Gasteiger partial charge in [0.2, 0.25) is 0 Å². The molecule has 4 rings (SSSR count). The summed E-state index contributed by atoms with van der Waals surface area (Å²) in [5.41, 5.74) is 3.73. The minimum absolute atomic E-state index is 0.228. The van der Waals surface area contributed by atoms with Crippen molar-refractivity contribution in [1.29, 1.82) is 0 Å². The van der Waals surface area contributed by atoms with E-state index in [2.05, 4.69) is 27.6 Å². The molecule has 0 aliphatic rings. The van der Waals surface area contributed by atoms with Gasteiger partial charge in [-0.15, -0.1) is 0 Å². The highest BCUT2D eigenvalue weighted by atomic mass is 35.5. The summed E-state index contributed by atoms with van der Waals surface area (Å²) in [5.74, 6) is 0.523. The summed E-state index contributed by atoms with van der Waals surface area (Å²) in [6, 6.07) is 19.1. The molecule has 7 nitrogen and oxygen atoms in total. The third kappa shape index (κ3) is 9.42. The molecule has 0 atom stereocenters. The lowest BCUT2D eigenvalue weighted by Crippen LogP contribution is -2.24. The van der Waals surface area contributed by atoms with Crippen LogP contribution in [0.15, 0.2) is 71.4 Å². The van der Waals surface area contributed by atoms with Crippen molar-refractivity contribution in [2.24, 2.45) is 0 Å². The fourth-order valence-corrected chi connectivity index (χ4v) is 7.49. The van der Waals surface area contributed by atoms with E-state index < -0.39 is 18.8 Å². The van der Waals surface area contributed by atoms with Crippen molar-refractivity contribution in [2.75, 3.05) is 11.9 Å². The topological polar surface area (TPSA) is 86.5 Å². The highest BCUT2D eigenvalue weighted by Gasteiger charge is 2.35. The van der Waals surface area contributed by atoms with E-state index in [1.165, 1.54) is 5.56 Å². The van der Waals surface area contributed by atoms with Crippen LogP contribution in [-0.4, -0.2) is 27.9 Å². The molecule has 0 spiro atoms. The second-order valence-electron chi connectivity index (χ2n) is 12.1. The third-order valence-corrected chi connectivity index (χ3v) is 8.97. The minimum Gasteiger partial charge on any atom is -0.385 e. The van der Waals surface area contributed by atoms with E-state index in [-0.39, 0.29) is 6.16 Å². The Morgan fingerprint density at radius 2 is 1.48 bits per heavy atom. The van der Waals surface area contributed by atoms with Gasteiger partial charge >= 0.3 is 7.60 Å². The number of aromatic nitrogens is 2. The molecule has 2 aromatic carbocycles. The number of benzene rings is 2. The summed E-state index contributed by atoms with van der Waals surface area (Å²) in [4.78, 5) is 4.43. The van der Waals surface area contributed by atoms with Crippen molar-refractivity contribution >= 4 is 36.5 Å². The van der Waals surface area contributed by atoms with Crippen LogP contribution in [0.2, 0.25) is 10.0 Å². The first-order chi connectivity index (χ1) is 19.7. The van der Waals surface area contributed by atoms with Crippen LogP contribution in [0, 0.1) is 0 Å². The van der Waals surface area contributed by atoms with Gasteiger partial charge in [0.15, 0.2) is 5.76 Å². The van der Waals surface area contributed by atoms with E-state index >= 15 is 0 Å². The molecule has 0 aliphatic carbocycles. The highest BCUT2D eigenvalue weighted by Crippen LogP contribution is 2.56. The van der Waals surface area contributed by atoms with E-state index in [1.807, 2.05) is 65.8 Å². The maximum atomic E-state index is 13.6. The lowest BCUT2D eigenvalue weighted by atomic mass is 10.1. The molecule has 0 bridgehead atoms. The average Bonchev–Trinajstić information content (AvgIpc) is 3.35. The molecule has 10 heteroatoms. The summed E-state index contributed by atoms with van der Waals surface area (Å²) in [6.45, 7) is 12.1. The van der Waals surface area contributed by atoms with Crippen LogP contribution in [0.25, 0.3) is 22.7 Å². The Morgan fingerprint density at radius 1 is 0.857 bits per heavy atom. The Hall–Kier alpha value is -2.67.